The molecule has 2 heteroatoms. The van der Waals surface area contributed by atoms with E-state index < -0.39 is 0 Å². The number of aliphatic hydroxyl groups is 1. The smallest absolute Gasteiger partial charge is 0.123 e. The van der Waals surface area contributed by atoms with E-state index in [-0.39, 0.29) is 12.4 Å². The topological polar surface area (TPSA) is 20.2 Å². The van der Waals surface area contributed by atoms with E-state index in [1.54, 1.807) is 6.07 Å². The third-order valence-corrected chi connectivity index (χ3v) is 3.04. The monoisotopic (exact) mass is 194 g/mol. The highest BCUT2D eigenvalue weighted by Gasteiger charge is 2.18. The molecule has 2 rings (SSSR count). The van der Waals surface area contributed by atoms with Gasteiger partial charge in [-0.3, -0.25) is 0 Å². The van der Waals surface area contributed by atoms with Gasteiger partial charge in [0.15, 0.2) is 0 Å². The van der Waals surface area contributed by atoms with Crippen molar-refractivity contribution in [3.05, 3.63) is 35.1 Å². The van der Waals surface area contributed by atoms with Crippen LogP contribution in [0.15, 0.2) is 18.2 Å². The molecule has 0 fully saturated rings. The molecule has 76 valence electrons. The zero-order valence-corrected chi connectivity index (χ0v) is 8.17. The molecule has 1 nitrogen and oxygen atoms in total. The number of aliphatic hydroxyl groups excluding tert-OH is 1. The Kier molecular flexibility index (Phi) is 2.82. The zero-order valence-electron chi connectivity index (χ0n) is 8.17. The maximum atomic E-state index is 12.9. The summed E-state index contributed by atoms with van der Waals surface area (Å²) in [7, 11) is 0. The molecule has 14 heavy (non-hydrogen) atoms. The minimum absolute atomic E-state index is 0.135. The van der Waals surface area contributed by atoms with E-state index in [2.05, 4.69) is 0 Å². The number of hydrogen-bond donors (Lipinski definition) is 1. The predicted molar refractivity (Wildman–Crippen MR) is 53.6 cm³/mol. The van der Waals surface area contributed by atoms with Gasteiger partial charge in [0.1, 0.15) is 5.82 Å². The van der Waals surface area contributed by atoms with Crippen LogP contribution >= 0.6 is 0 Å². The van der Waals surface area contributed by atoms with Gasteiger partial charge in [-0.2, -0.15) is 0 Å². The van der Waals surface area contributed by atoms with Crippen molar-refractivity contribution in [2.45, 2.75) is 25.7 Å². The summed E-state index contributed by atoms with van der Waals surface area (Å²) in [5.74, 6) is 0.447. The summed E-state index contributed by atoms with van der Waals surface area (Å²) in [6, 6.07) is 5.05. The highest BCUT2D eigenvalue weighted by Crippen LogP contribution is 2.27. The van der Waals surface area contributed by atoms with Crippen LogP contribution in [0.25, 0.3) is 0 Å². The first kappa shape index (κ1) is 9.66. The summed E-state index contributed by atoms with van der Waals surface area (Å²) in [5, 5.41) is 8.85. The fraction of sp³-hybridized carbons (Fsp3) is 0.500. The van der Waals surface area contributed by atoms with Crippen LogP contribution < -0.4 is 0 Å². The lowest BCUT2D eigenvalue weighted by Crippen LogP contribution is -2.15. The number of hydrogen-bond acceptors (Lipinski definition) is 1. The maximum absolute atomic E-state index is 12.9. The molecule has 1 aromatic rings. The summed E-state index contributed by atoms with van der Waals surface area (Å²) < 4.78 is 12.9. The molecule has 0 saturated heterocycles. The third-order valence-electron chi connectivity index (χ3n) is 3.04. The lowest BCUT2D eigenvalue weighted by atomic mass is 9.82. The first-order valence-corrected chi connectivity index (χ1v) is 5.18. The lowest BCUT2D eigenvalue weighted by molar-refractivity contribution is 0.248. The maximum Gasteiger partial charge on any atom is 0.123 e. The SMILES string of the molecule is OCCC1CCc2cc(F)ccc2C1. The lowest BCUT2D eigenvalue weighted by Gasteiger charge is -2.23. The van der Waals surface area contributed by atoms with Crippen LogP contribution in [0, 0.1) is 11.7 Å². The molecule has 1 unspecified atom stereocenters. The Morgan fingerprint density at radius 2 is 2.21 bits per heavy atom. The van der Waals surface area contributed by atoms with Crippen LogP contribution in [0.4, 0.5) is 4.39 Å². The van der Waals surface area contributed by atoms with Gasteiger partial charge in [-0.05, 0) is 54.9 Å². The summed E-state index contributed by atoms with van der Waals surface area (Å²) in [6.45, 7) is 0.265. The van der Waals surface area contributed by atoms with E-state index in [9.17, 15) is 4.39 Å². The summed E-state index contributed by atoms with van der Waals surface area (Å²) in [6.07, 6.45) is 3.90. The third kappa shape index (κ3) is 1.95. The number of benzene rings is 1. The van der Waals surface area contributed by atoms with Crippen molar-refractivity contribution in [1.29, 1.82) is 0 Å². The normalized spacial score (nSPS) is 20.6. The molecular weight excluding hydrogens is 179 g/mol. The van der Waals surface area contributed by atoms with E-state index in [0.717, 1.165) is 31.2 Å². The van der Waals surface area contributed by atoms with Crippen molar-refractivity contribution >= 4 is 0 Å². The Labute approximate surface area is 83.6 Å². The molecule has 0 aliphatic heterocycles. The van der Waals surface area contributed by atoms with Crippen LogP contribution in [0.1, 0.15) is 24.0 Å². The first-order valence-electron chi connectivity index (χ1n) is 5.18. The average Bonchev–Trinajstić information content (AvgIpc) is 2.19. The van der Waals surface area contributed by atoms with Gasteiger partial charge in [0, 0.05) is 6.61 Å². The average molecular weight is 194 g/mol. The van der Waals surface area contributed by atoms with Crippen LogP contribution in [0.2, 0.25) is 0 Å². The van der Waals surface area contributed by atoms with Crippen LogP contribution in [0.3, 0.4) is 0 Å². The van der Waals surface area contributed by atoms with Crippen molar-refractivity contribution in [2.75, 3.05) is 6.61 Å². The van der Waals surface area contributed by atoms with Gasteiger partial charge < -0.3 is 5.11 Å². The largest absolute Gasteiger partial charge is 0.396 e. The molecule has 0 spiro atoms. The van der Waals surface area contributed by atoms with E-state index in [4.69, 9.17) is 5.11 Å². The van der Waals surface area contributed by atoms with Crippen molar-refractivity contribution < 1.29 is 9.50 Å². The van der Waals surface area contributed by atoms with E-state index in [0.29, 0.717) is 5.92 Å². The highest BCUT2D eigenvalue weighted by molar-refractivity contribution is 5.30. The Hall–Kier alpha value is -0.890. The molecule has 0 saturated carbocycles. The van der Waals surface area contributed by atoms with Gasteiger partial charge in [-0.25, -0.2) is 4.39 Å². The van der Waals surface area contributed by atoms with Crippen molar-refractivity contribution in [3.63, 3.8) is 0 Å². The molecular formula is C12H15FO. The molecule has 0 amide bonds. The zero-order chi connectivity index (χ0) is 9.97. The van der Waals surface area contributed by atoms with Crippen molar-refractivity contribution in [1.82, 2.24) is 0 Å². The Morgan fingerprint density at radius 3 is 3.00 bits per heavy atom. The van der Waals surface area contributed by atoms with Gasteiger partial charge >= 0.3 is 0 Å². The fourth-order valence-corrected chi connectivity index (χ4v) is 2.23. The highest BCUT2D eigenvalue weighted by atomic mass is 19.1. The molecule has 0 bridgehead atoms. The van der Waals surface area contributed by atoms with Gasteiger partial charge in [0.25, 0.3) is 0 Å². The van der Waals surface area contributed by atoms with Gasteiger partial charge in [0.2, 0.25) is 0 Å². The minimum Gasteiger partial charge on any atom is -0.396 e. The molecule has 1 atom stereocenters. The Balaban J connectivity index is 2.15. The van der Waals surface area contributed by atoms with Crippen LogP contribution in [-0.2, 0) is 12.8 Å². The summed E-state index contributed by atoms with van der Waals surface area (Å²) in [4.78, 5) is 0. The first-order chi connectivity index (χ1) is 6.79. The molecule has 1 aromatic carbocycles. The molecule has 0 radical (unpaired) electrons. The second-order valence-corrected chi connectivity index (χ2v) is 4.03. The summed E-state index contributed by atoms with van der Waals surface area (Å²) >= 11 is 0. The second-order valence-electron chi connectivity index (χ2n) is 4.03. The van der Waals surface area contributed by atoms with Crippen LogP contribution in [-0.4, -0.2) is 11.7 Å². The predicted octanol–water partition coefficient (Wildman–Crippen LogP) is 2.31. The fourth-order valence-electron chi connectivity index (χ4n) is 2.23. The van der Waals surface area contributed by atoms with Crippen LogP contribution in [0.5, 0.6) is 0 Å². The molecule has 1 N–H and O–H groups in total. The van der Waals surface area contributed by atoms with Gasteiger partial charge in [-0.15, -0.1) is 0 Å². The van der Waals surface area contributed by atoms with Gasteiger partial charge in [-0.1, -0.05) is 6.07 Å². The summed E-state index contributed by atoms with van der Waals surface area (Å²) in [5.41, 5.74) is 2.41. The standard InChI is InChI=1S/C12H15FO/c13-12-4-3-10-7-9(5-6-14)1-2-11(10)8-12/h3-4,8-9,14H,1-2,5-7H2. The Morgan fingerprint density at radius 1 is 1.36 bits per heavy atom. The molecule has 1 aliphatic carbocycles. The van der Waals surface area contributed by atoms with E-state index in [1.807, 2.05) is 6.07 Å². The number of halogens is 1. The molecule has 0 aromatic heterocycles. The Bertz CT molecular complexity index is 322. The van der Waals surface area contributed by atoms with E-state index >= 15 is 0 Å². The van der Waals surface area contributed by atoms with Crippen molar-refractivity contribution in [3.8, 4) is 0 Å². The van der Waals surface area contributed by atoms with E-state index in [1.165, 1.54) is 11.6 Å². The number of rotatable bonds is 2. The quantitative estimate of drug-likeness (QED) is 0.766. The minimum atomic E-state index is -0.135. The van der Waals surface area contributed by atoms with Crippen molar-refractivity contribution in [2.24, 2.45) is 5.92 Å². The molecule has 0 heterocycles. The number of fused-ring (bicyclic) bond motifs is 1. The molecule has 1 aliphatic rings. The second kappa shape index (κ2) is 4.09. The number of aryl methyl sites for hydroxylation is 1. The van der Waals surface area contributed by atoms with Gasteiger partial charge in [0.05, 0.1) is 0 Å².